The molecule has 5 heteroatoms. The number of nitrogens with one attached hydrogen (secondary N) is 1. The average molecular weight is 308 g/mol. The number of hydrogen-bond acceptors (Lipinski definition) is 4. The zero-order chi connectivity index (χ0) is 12.8. The third-order valence-electron chi connectivity index (χ3n) is 2.42. The minimum Gasteiger partial charge on any atom is -0.383 e. The van der Waals surface area contributed by atoms with Crippen LogP contribution in [-0.2, 0) is 4.74 Å². The molecule has 1 aromatic carbocycles. The fraction of sp³-hybridized carbons (Fsp3) is 0.231. The van der Waals surface area contributed by atoms with Crippen molar-refractivity contribution in [3.05, 3.63) is 40.9 Å². The standard InChI is InChI=1S/C13H14BrN3O/c1-18-9-8-15-13-7-6-12(16-17-13)10-2-4-11(14)5-3-10/h2-7H,8-9H2,1H3,(H,15,17). The van der Waals surface area contributed by atoms with Crippen LogP contribution in [0, 0.1) is 0 Å². The van der Waals surface area contributed by atoms with E-state index in [1.165, 1.54) is 0 Å². The van der Waals surface area contributed by atoms with Gasteiger partial charge in [-0.05, 0) is 24.3 Å². The van der Waals surface area contributed by atoms with E-state index in [9.17, 15) is 0 Å². The Morgan fingerprint density at radius 3 is 2.50 bits per heavy atom. The van der Waals surface area contributed by atoms with Crippen LogP contribution >= 0.6 is 15.9 Å². The van der Waals surface area contributed by atoms with Gasteiger partial charge >= 0.3 is 0 Å². The molecule has 0 radical (unpaired) electrons. The largest absolute Gasteiger partial charge is 0.383 e. The Morgan fingerprint density at radius 1 is 1.11 bits per heavy atom. The lowest BCUT2D eigenvalue weighted by Gasteiger charge is -2.05. The number of rotatable bonds is 5. The number of aromatic nitrogens is 2. The van der Waals surface area contributed by atoms with Gasteiger partial charge in [-0.25, -0.2) is 0 Å². The fourth-order valence-electron chi connectivity index (χ4n) is 1.48. The Hall–Kier alpha value is -1.46. The molecule has 1 aromatic heterocycles. The smallest absolute Gasteiger partial charge is 0.148 e. The van der Waals surface area contributed by atoms with Crippen LogP contribution in [0.15, 0.2) is 40.9 Å². The fourth-order valence-corrected chi connectivity index (χ4v) is 1.75. The van der Waals surface area contributed by atoms with Crippen molar-refractivity contribution in [1.29, 1.82) is 0 Å². The van der Waals surface area contributed by atoms with Crippen molar-refractivity contribution in [3.8, 4) is 11.3 Å². The van der Waals surface area contributed by atoms with Crippen LogP contribution in [-0.4, -0.2) is 30.5 Å². The summed E-state index contributed by atoms with van der Waals surface area (Å²) in [5, 5.41) is 11.4. The Balaban J connectivity index is 2.05. The number of methoxy groups -OCH3 is 1. The summed E-state index contributed by atoms with van der Waals surface area (Å²) in [5.74, 6) is 0.757. The van der Waals surface area contributed by atoms with Gasteiger partial charge < -0.3 is 10.1 Å². The molecule has 0 spiro atoms. The number of benzene rings is 1. The monoisotopic (exact) mass is 307 g/mol. The van der Waals surface area contributed by atoms with Gasteiger partial charge in [0.1, 0.15) is 5.82 Å². The Kier molecular flexibility index (Phi) is 4.66. The van der Waals surface area contributed by atoms with Crippen molar-refractivity contribution < 1.29 is 4.74 Å². The van der Waals surface area contributed by atoms with Crippen LogP contribution in [0.3, 0.4) is 0 Å². The highest BCUT2D eigenvalue weighted by molar-refractivity contribution is 9.10. The normalized spacial score (nSPS) is 10.3. The van der Waals surface area contributed by atoms with E-state index in [0.29, 0.717) is 6.61 Å². The highest BCUT2D eigenvalue weighted by atomic mass is 79.9. The molecule has 18 heavy (non-hydrogen) atoms. The van der Waals surface area contributed by atoms with Crippen LogP contribution in [0.25, 0.3) is 11.3 Å². The lowest BCUT2D eigenvalue weighted by molar-refractivity contribution is 0.210. The first kappa shape index (κ1) is 13.0. The van der Waals surface area contributed by atoms with Crippen molar-refractivity contribution in [2.24, 2.45) is 0 Å². The molecule has 0 fully saturated rings. The molecule has 2 aromatic rings. The third-order valence-corrected chi connectivity index (χ3v) is 2.95. The number of halogens is 1. The average Bonchev–Trinajstić information content (AvgIpc) is 2.41. The summed E-state index contributed by atoms with van der Waals surface area (Å²) in [7, 11) is 1.67. The van der Waals surface area contributed by atoms with Crippen LogP contribution < -0.4 is 5.32 Å². The summed E-state index contributed by atoms with van der Waals surface area (Å²) in [6.45, 7) is 1.37. The molecule has 94 valence electrons. The van der Waals surface area contributed by atoms with Gasteiger partial charge in [0, 0.05) is 23.7 Å². The predicted octanol–water partition coefficient (Wildman–Crippen LogP) is 2.96. The van der Waals surface area contributed by atoms with Gasteiger partial charge in [0.25, 0.3) is 0 Å². The number of anilines is 1. The van der Waals surface area contributed by atoms with Crippen molar-refractivity contribution in [1.82, 2.24) is 10.2 Å². The van der Waals surface area contributed by atoms with Crippen molar-refractivity contribution >= 4 is 21.7 Å². The maximum atomic E-state index is 4.95. The molecule has 0 aliphatic rings. The van der Waals surface area contributed by atoms with Gasteiger partial charge in [0.2, 0.25) is 0 Å². The number of hydrogen-bond donors (Lipinski definition) is 1. The molecular weight excluding hydrogens is 294 g/mol. The minimum atomic E-state index is 0.649. The Labute approximate surface area is 115 Å². The molecule has 0 aliphatic carbocycles. The molecule has 0 saturated heterocycles. The second-order valence-corrected chi connectivity index (χ2v) is 4.65. The first-order chi connectivity index (χ1) is 8.79. The highest BCUT2D eigenvalue weighted by Gasteiger charge is 2.00. The van der Waals surface area contributed by atoms with E-state index < -0.39 is 0 Å². The molecule has 0 unspecified atom stereocenters. The first-order valence-electron chi connectivity index (χ1n) is 5.62. The zero-order valence-corrected chi connectivity index (χ0v) is 11.6. The number of ether oxygens (including phenoxy) is 1. The molecular formula is C13H14BrN3O. The molecule has 0 saturated carbocycles. The summed E-state index contributed by atoms with van der Waals surface area (Å²) in [6, 6.07) is 11.9. The molecule has 2 rings (SSSR count). The van der Waals surface area contributed by atoms with Gasteiger partial charge in [0.15, 0.2) is 0 Å². The lowest BCUT2D eigenvalue weighted by atomic mass is 10.1. The Morgan fingerprint density at radius 2 is 1.89 bits per heavy atom. The SMILES string of the molecule is COCCNc1ccc(-c2ccc(Br)cc2)nn1. The maximum Gasteiger partial charge on any atom is 0.148 e. The minimum absolute atomic E-state index is 0.649. The molecule has 0 amide bonds. The van der Waals surface area contributed by atoms with Crippen LogP contribution in [0.2, 0.25) is 0 Å². The quantitative estimate of drug-likeness (QED) is 0.863. The predicted molar refractivity (Wildman–Crippen MR) is 75.5 cm³/mol. The van der Waals surface area contributed by atoms with E-state index in [1.54, 1.807) is 7.11 Å². The van der Waals surface area contributed by atoms with E-state index in [0.717, 1.165) is 28.1 Å². The van der Waals surface area contributed by atoms with Gasteiger partial charge in [-0.15, -0.1) is 10.2 Å². The molecule has 1 heterocycles. The van der Waals surface area contributed by atoms with Gasteiger partial charge in [-0.2, -0.15) is 0 Å². The first-order valence-corrected chi connectivity index (χ1v) is 6.41. The van der Waals surface area contributed by atoms with E-state index in [4.69, 9.17) is 4.74 Å². The summed E-state index contributed by atoms with van der Waals surface area (Å²) >= 11 is 3.41. The Bertz CT molecular complexity index is 485. The third kappa shape index (κ3) is 3.51. The van der Waals surface area contributed by atoms with Gasteiger partial charge in [-0.1, -0.05) is 28.1 Å². The van der Waals surface area contributed by atoms with Gasteiger partial charge in [-0.3, -0.25) is 0 Å². The number of nitrogens with zero attached hydrogens (tertiary/aromatic N) is 2. The van der Waals surface area contributed by atoms with Crippen LogP contribution in [0.4, 0.5) is 5.82 Å². The maximum absolute atomic E-state index is 4.95. The van der Waals surface area contributed by atoms with Crippen molar-refractivity contribution in [2.45, 2.75) is 0 Å². The van der Waals surface area contributed by atoms with E-state index in [2.05, 4.69) is 31.4 Å². The summed E-state index contributed by atoms with van der Waals surface area (Å²) in [6.07, 6.45) is 0. The van der Waals surface area contributed by atoms with Gasteiger partial charge in [0.05, 0.1) is 12.3 Å². The summed E-state index contributed by atoms with van der Waals surface area (Å²) in [5.41, 5.74) is 1.91. The molecule has 0 atom stereocenters. The van der Waals surface area contributed by atoms with Crippen molar-refractivity contribution in [2.75, 3.05) is 25.6 Å². The molecule has 1 N–H and O–H groups in total. The molecule has 0 bridgehead atoms. The second kappa shape index (κ2) is 6.47. The summed E-state index contributed by atoms with van der Waals surface area (Å²) < 4.78 is 6.01. The van der Waals surface area contributed by atoms with Crippen LogP contribution in [0.1, 0.15) is 0 Å². The molecule has 4 nitrogen and oxygen atoms in total. The van der Waals surface area contributed by atoms with E-state index >= 15 is 0 Å². The molecule has 0 aliphatic heterocycles. The van der Waals surface area contributed by atoms with E-state index in [1.807, 2.05) is 36.4 Å². The highest BCUT2D eigenvalue weighted by Crippen LogP contribution is 2.19. The topological polar surface area (TPSA) is 47.0 Å². The second-order valence-electron chi connectivity index (χ2n) is 3.73. The zero-order valence-electron chi connectivity index (χ0n) is 10.1. The van der Waals surface area contributed by atoms with Crippen molar-refractivity contribution in [3.63, 3.8) is 0 Å². The summed E-state index contributed by atoms with van der Waals surface area (Å²) in [4.78, 5) is 0. The van der Waals surface area contributed by atoms with E-state index in [-0.39, 0.29) is 0 Å². The lowest BCUT2D eigenvalue weighted by Crippen LogP contribution is -2.09. The van der Waals surface area contributed by atoms with Crippen LogP contribution in [0.5, 0.6) is 0 Å².